The van der Waals surface area contributed by atoms with Crippen LogP contribution in [0.1, 0.15) is 33.6 Å². The first-order valence-electron chi connectivity index (χ1n) is 7.84. The average molecular weight is 309 g/mol. The lowest BCUT2D eigenvalue weighted by Crippen LogP contribution is -2.50. The molecule has 5 atom stereocenters. The molecule has 1 fully saturated rings. The summed E-state index contributed by atoms with van der Waals surface area (Å²) >= 11 is 0. The second kappa shape index (κ2) is 7.41. The molecule has 0 radical (unpaired) electrons. The van der Waals surface area contributed by atoms with E-state index in [1.54, 1.807) is 7.11 Å². The van der Waals surface area contributed by atoms with E-state index < -0.39 is 10.8 Å². The van der Waals surface area contributed by atoms with Crippen molar-refractivity contribution in [3.63, 3.8) is 0 Å². The smallest absolute Gasteiger partial charge is 0.120 e. The number of hydrogen-bond acceptors (Lipinski definition) is 3. The van der Waals surface area contributed by atoms with Crippen molar-refractivity contribution in [2.24, 2.45) is 11.8 Å². The summed E-state index contributed by atoms with van der Waals surface area (Å²) in [7, 11) is 0.646. The Morgan fingerprint density at radius 2 is 2.10 bits per heavy atom. The van der Waals surface area contributed by atoms with E-state index in [0.29, 0.717) is 17.9 Å². The molecule has 21 heavy (non-hydrogen) atoms. The van der Waals surface area contributed by atoms with E-state index in [4.69, 9.17) is 4.74 Å². The standard InChI is InChI=1S/C17H27NO2S/c1-5-18-16-10-12(2)9-13(3)17(16)21(19)15-8-6-7-14(11-15)20-4/h6-8,11-13,16-18H,5,9-10H2,1-4H3. The number of nitrogens with one attached hydrogen (secondary N) is 1. The van der Waals surface area contributed by atoms with Gasteiger partial charge in [0.1, 0.15) is 5.75 Å². The van der Waals surface area contributed by atoms with Crippen LogP contribution in [0.4, 0.5) is 0 Å². The SMILES string of the molecule is CCNC1CC(C)CC(C)C1S(=O)c1cccc(OC)c1. The molecule has 118 valence electrons. The second-order valence-electron chi connectivity index (χ2n) is 6.16. The molecule has 0 amide bonds. The molecule has 0 aliphatic heterocycles. The molecule has 1 saturated carbocycles. The molecule has 0 heterocycles. The number of methoxy groups -OCH3 is 1. The van der Waals surface area contributed by atoms with Gasteiger partial charge >= 0.3 is 0 Å². The third-order valence-corrected chi connectivity index (χ3v) is 6.38. The topological polar surface area (TPSA) is 38.3 Å². The zero-order valence-corrected chi connectivity index (χ0v) is 14.3. The van der Waals surface area contributed by atoms with E-state index in [9.17, 15) is 4.21 Å². The number of benzene rings is 1. The first-order valence-corrected chi connectivity index (χ1v) is 9.06. The van der Waals surface area contributed by atoms with Crippen LogP contribution in [0.25, 0.3) is 0 Å². The van der Waals surface area contributed by atoms with Gasteiger partial charge in [-0.3, -0.25) is 4.21 Å². The average Bonchev–Trinajstić information content (AvgIpc) is 2.46. The second-order valence-corrected chi connectivity index (χ2v) is 7.77. The predicted octanol–water partition coefficient (Wildman–Crippen LogP) is 3.22. The Balaban J connectivity index is 2.25. The van der Waals surface area contributed by atoms with Crippen LogP contribution in [0.5, 0.6) is 5.75 Å². The van der Waals surface area contributed by atoms with Crippen LogP contribution in [-0.2, 0) is 10.8 Å². The monoisotopic (exact) mass is 309 g/mol. The van der Waals surface area contributed by atoms with Crippen LogP contribution in [0.15, 0.2) is 29.2 Å². The number of rotatable bonds is 5. The van der Waals surface area contributed by atoms with Gasteiger partial charge in [-0.05, 0) is 49.4 Å². The summed E-state index contributed by atoms with van der Waals surface area (Å²) in [6, 6.07) is 8.01. The summed E-state index contributed by atoms with van der Waals surface area (Å²) in [5, 5.41) is 3.72. The Hall–Kier alpha value is -0.870. The highest BCUT2D eigenvalue weighted by atomic mass is 32.2. The Morgan fingerprint density at radius 3 is 2.76 bits per heavy atom. The molecular formula is C17H27NO2S. The zero-order valence-electron chi connectivity index (χ0n) is 13.5. The molecule has 1 aliphatic carbocycles. The number of hydrogen-bond donors (Lipinski definition) is 1. The first kappa shape index (κ1) is 16.5. The molecule has 1 aliphatic rings. The van der Waals surface area contributed by atoms with Crippen LogP contribution in [0.3, 0.4) is 0 Å². The van der Waals surface area contributed by atoms with Crippen molar-refractivity contribution in [2.45, 2.75) is 49.8 Å². The van der Waals surface area contributed by atoms with Gasteiger partial charge in [0.25, 0.3) is 0 Å². The Kier molecular flexibility index (Phi) is 5.82. The largest absolute Gasteiger partial charge is 0.497 e. The van der Waals surface area contributed by atoms with Gasteiger partial charge in [-0.1, -0.05) is 26.8 Å². The lowest BCUT2D eigenvalue weighted by atomic mass is 9.80. The summed E-state index contributed by atoms with van der Waals surface area (Å²) < 4.78 is 18.3. The predicted molar refractivity (Wildman–Crippen MR) is 88.2 cm³/mol. The van der Waals surface area contributed by atoms with E-state index in [1.165, 1.54) is 0 Å². The van der Waals surface area contributed by atoms with Crippen molar-refractivity contribution in [1.82, 2.24) is 5.32 Å². The Morgan fingerprint density at radius 1 is 1.33 bits per heavy atom. The summed E-state index contributed by atoms with van der Waals surface area (Å²) in [6.07, 6.45) is 2.26. The molecular weight excluding hydrogens is 282 g/mol. The molecule has 1 aromatic rings. The van der Waals surface area contributed by atoms with Crippen molar-refractivity contribution in [1.29, 1.82) is 0 Å². The molecule has 0 saturated heterocycles. The summed E-state index contributed by atoms with van der Waals surface area (Å²) in [5.41, 5.74) is 0. The molecule has 0 bridgehead atoms. The van der Waals surface area contributed by atoms with Gasteiger partial charge in [-0.15, -0.1) is 0 Å². The molecule has 0 spiro atoms. The molecule has 3 nitrogen and oxygen atoms in total. The quantitative estimate of drug-likeness (QED) is 0.907. The lowest BCUT2D eigenvalue weighted by molar-refractivity contribution is 0.248. The highest BCUT2D eigenvalue weighted by Crippen LogP contribution is 2.34. The van der Waals surface area contributed by atoms with Gasteiger partial charge in [0.15, 0.2) is 0 Å². The minimum absolute atomic E-state index is 0.174. The van der Waals surface area contributed by atoms with Crippen LogP contribution >= 0.6 is 0 Å². The van der Waals surface area contributed by atoms with Gasteiger partial charge < -0.3 is 10.1 Å². The van der Waals surface area contributed by atoms with E-state index in [0.717, 1.165) is 30.0 Å². The van der Waals surface area contributed by atoms with Gasteiger partial charge in [0, 0.05) is 10.9 Å². The van der Waals surface area contributed by atoms with E-state index in [-0.39, 0.29) is 5.25 Å². The van der Waals surface area contributed by atoms with Crippen LogP contribution < -0.4 is 10.1 Å². The van der Waals surface area contributed by atoms with Crippen molar-refractivity contribution >= 4 is 10.8 Å². The number of ether oxygens (including phenoxy) is 1. The zero-order chi connectivity index (χ0) is 15.4. The first-order chi connectivity index (χ1) is 10.1. The highest BCUT2D eigenvalue weighted by Gasteiger charge is 2.37. The van der Waals surface area contributed by atoms with Gasteiger partial charge in [-0.25, -0.2) is 0 Å². The fraction of sp³-hybridized carbons (Fsp3) is 0.647. The van der Waals surface area contributed by atoms with E-state index >= 15 is 0 Å². The molecule has 1 N–H and O–H groups in total. The van der Waals surface area contributed by atoms with Crippen LogP contribution in [-0.4, -0.2) is 29.2 Å². The third kappa shape index (κ3) is 3.86. The van der Waals surface area contributed by atoms with Crippen molar-refractivity contribution < 1.29 is 8.95 Å². The van der Waals surface area contributed by atoms with Crippen molar-refractivity contribution in [3.8, 4) is 5.75 Å². The van der Waals surface area contributed by atoms with Crippen LogP contribution in [0, 0.1) is 11.8 Å². The van der Waals surface area contributed by atoms with Gasteiger partial charge in [0.2, 0.25) is 0 Å². The maximum Gasteiger partial charge on any atom is 0.120 e. The summed E-state index contributed by atoms with van der Waals surface area (Å²) in [6.45, 7) is 7.58. The van der Waals surface area contributed by atoms with E-state index in [1.807, 2.05) is 24.3 Å². The van der Waals surface area contributed by atoms with Gasteiger partial charge in [-0.2, -0.15) is 0 Å². The normalized spacial score (nSPS) is 30.9. The summed E-state index contributed by atoms with van der Waals surface area (Å²) in [4.78, 5) is 0.878. The lowest BCUT2D eigenvalue weighted by Gasteiger charge is -2.39. The maximum atomic E-state index is 13.1. The van der Waals surface area contributed by atoms with E-state index in [2.05, 4.69) is 26.1 Å². The van der Waals surface area contributed by atoms with Crippen molar-refractivity contribution in [2.75, 3.05) is 13.7 Å². The molecule has 4 heteroatoms. The Bertz CT molecular complexity index is 491. The minimum atomic E-state index is -1.00. The fourth-order valence-electron chi connectivity index (χ4n) is 3.53. The van der Waals surface area contributed by atoms with Crippen LogP contribution in [0.2, 0.25) is 0 Å². The Labute approximate surface area is 130 Å². The molecule has 2 rings (SSSR count). The van der Waals surface area contributed by atoms with Gasteiger partial charge in [0.05, 0.1) is 23.2 Å². The highest BCUT2D eigenvalue weighted by molar-refractivity contribution is 7.85. The fourth-order valence-corrected chi connectivity index (χ4v) is 5.33. The maximum absolute atomic E-state index is 13.1. The summed E-state index contributed by atoms with van der Waals surface area (Å²) in [5.74, 6) is 1.94. The molecule has 1 aromatic carbocycles. The molecule has 5 unspecified atom stereocenters. The third-order valence-electron chi connectivity index (χ3n) is 4.37. The molecule has 0 aromatic heterocycles. The minimum Gasteiger partial charge on any atom is -0.497 e. The van der Waals surface area contributed by atoms with Crippen molar-refractivity contribution in [3.05, 3.63) is 24.3 Å².